The maximum absolute atomic E-state index is 11.9. The lowest BCUT2D eigenvalue weighted by atomic mass is 10.1. The van der Waals surface area contributed by atoms with E-state index in [1.54, 1.807) is 17.4 Å². The first-order valence-electron chi connectivity index (χ1n) is 7.67. The Morgan fingerprint density at radius 2 is 2.43 bits per heavy atom. The highest BCUT2D eigenvalue weighted by atomic mass is 32.1. The Bertz CT molecular complexity index is 605. The molecular formula is C16H20N2O4S. The third kappa shape index (κ3) is 5.16. The van der Waals surface area contributed by atoms with Crippen LogP contribution in [0.3, 0.4) is 0 Å². The second-order valence-corrected chi connectivity index (χ2v) is 6.40. The smallest absolute Gasteiger partial charge is 0.226 e. The average Bonchev–Trinajstić information content (AvgIpc) is 3.28. The lowest BCUT2D eigenvalue weighted by Crippen LogP contribution is -2.30. The van der Waals surface area contributed by atoms with Gasteiger partial charge in [0.15, 0.2) is 5.76 Å². The summed E-state index contributed by atoms with van der Waals surface area (Å²) in [6, 6.07) is 3.79. The van der Waals surface area contributed by atoms with Crippen molar-refractivity contribution < 1.29 is 18.8 Å². The van der Waals surface area contributed by atoms with Crippen molar-refractivity contribution in [3.63, 3.8) is 0 Å². The first-order valence-corrected chi connectivity index (χ1v) is 8.61. The molecular weight excluding hydrogens is 316 g/mol. The van der Waals surface area contributed by atoms with Gasteiger partial charge in [0.1, 0.15) is 6.61 Å². The van der Waals surface area contributed by atoms with Crippen LogP contribution in [0.1, 0.15) is 23.4 Å². The molecule has 0 radical (unpaired) electrons. The predicted octanol–water partition coefficient (Wildman–Crippen LogP) is 2.15. The maximum atomic E-state index is 11.9. The van der Waals surface area contributed by atoms with Crippen LogP contribution in [-0.4, -0.2) is 30.8 Å². The summed E-state index contributed by atoms with van der Waals surface area (Å²) in [4.78, 5) is 11.9. The van der Waals surface area contributed by atoms with E-state index in [2.05, 4.69) is 10.5 Å². The summed E-state index contributed by atoms with van der Waals surface area (Å²) in [7, 11) is 0. The molecule has 6 nitrogen and oxygen atoms in total. The number of amides is 1. The molecule has 2 aromatic heterocycles. The van der Waals surface area contributed by atoms with Crippen LogP contribution >= 0.6 is 11.3 Å². The third-order valence-corrected chi connectivity index (χ3v) is 4.39. The summed E-state index contributed by atoms with van der Waals surface area (Å²) in [6.45, 7) is 3.08. The Morgan fingerprint density at radius 1 is 1.48 bits per heavy atom. The first kappa shape index (κ1) is 16.2. The van der Waals surface area contributed by atoms with Crippen molar-refractivity contribution in [3.05, 3.63) is 39.9 Å². The van der Waals surface area contributed by atoms with Crippen LogP contribution in [0.5, 0.6) is 0 Å². The molecule has 3 rings (SSSR count). The molecule has 1 N–H and O–H groups in total. The Hall–Kier alpha value is -1.70. The van der Waals surface area contributed by atoms with Crippen molar-refractivity contribution in [3.8, 4) is 0 Å². The molecule has 23 heavy (non-hydrogen) atoms. The number of aromatic nitrogens is 1. The summed E-state index contributed by atoms with van der Waals surface area (Å²) >= 11 is 1.64. The second-order valence-electron chi connectivity index (χ2n) is 5.62. The summed E-state index contributed by atoms with van der Waals surface area (Å²) in [6.07, 6.45) is 1.23. The van der Waals surface area contributed by atoms with Gasteiger partial charge in [-0.25, -0.2) is 0 Å². The average molecular weight is 336 g/mol. The Kier molecular flexibility index (Phi) is 5.79. The molecule has 124 valence electrons. The van der Waals surface area contributed by atoms with E-state index < -0.39 is 0 Å². The quantitative estimate of drug-likeness (QED) is 0.799. The van der Waals surface area contributed by atoms with Crippen molar-refractivity contribution in [2.45, 2.75) is 26.1 Å². The number of carbonyl (C=O) groups is 1. The topological polar surface area (TPSA) is 73.6 Å². The van der Waals surface area contributed by atoms with Gasteiger partial charge in [-0.15, -0.1) is 0 Å². The van der Waals surface area contributed by atoms with E-state index in [1.807, 2.05) is 16.8 Å². The zero-order valence-electron chi connectivity index (χ0n) is 12.8. The van der Waals surface area contributed by atoms with E-state index in [1.165, 1.54) is 0 Å². The van der Waals surface area contributed by atoms with Gasteiger partial charge in [-0.3, -0.25) is 4.79 Å². The summed E-state index contributed by atoms with van der Waals surface area (Å²) in [5.41, 5.74) is 1.77. The maximum Gasteiger partial charge on any atom is 0.226 e. The molecule has 1 fully saturated rings. The molecule has 0 spiro atoms. The van der Waals surface area contributed by atoms with Gasteiger partial charge in [0.05, 0.1) is 25.3 Å². The standard InChI is InChI=1S/C16H20N2O4S/c19-16(17-7-12-1-3-20-8-12)6-14-5-15(22-18-14)10-21-9-13-2-4-23-11-13/h2,4-5,11-12H,1,3,6-10H2,(H,17,19). The van der Waals surface area contributed by atoms with Gasteiger partial charge in [0.25, 0.3) is 0 Å². The number of thiophene rings is 1. The zero-order valence-corrected chi connectivity index (χ0v) is 13.6. The van der Waals surface area contributed by atoms with Crippen LogP contribution in [0.4, 0.5) is 0 Å². The van der Waals surface area contributed by atoms with Gasteiger partial charge in [-0.2, -0.15) is 11.3 Å². The van der Waals surface area contributed by atoms with Crippen molar-refractivity contribution >= 4 is 17.2 Å². The van der Waals surface area contributed by atoms with Crippen molar-refractivity contribution in [2.24, 2.45) is 5.92 Å². The molecule has 0 aliphatic carbocycles. The SMILES string of the molecule is O=C(Cc1cc(COCc2ccsc2)on1)NCC1CCOC1. The molecule has 1 aliphatic heterocycles. The zero-order chi connectivity index (χ0) is 15.9. The largest absolute Gasteiger partial charge is 0.381 e. The summed E-state index contributed by atoms with van der Waals surface area (Å²) in [5.74, 6) is 1.01. The fourth-order valence-corrected chi connectivity index (χ4v) is 3.03. The number of nitrogens with zero attached hydrogens (tertiary/aromatic N) is 1. The van der Waals surface area contributed by atoms with Crippen LogP contribution in [0, 0.1) is 5.92 Å². The van der Waals surface area contributed by atoms with E-state index in [0.29, 0.717) is 37.1 Å². The number of nitrogens with one attached hydrogen (secondary N) is 1. The minimum atomic E-state index is -0.0454. The number of ether oxygens (including phenoxy) is 2. The Labute approximate surface area is 138 Å². The van der Waals surface area contributed by atoms with Gasteiger partial charge < -0.3 is 19.3 Å². The molecule has 3 heterocycles. The molecule has 1 aliphatic rings. The number of hydrogen-bond acceptors (Lipinski definition) is 6. The van der Waals surface area contributed by atoms with E-state index in [4.69, 9.17) is 14.0 Å². The molecule has 1 saturated heterocycles. The van der Waals surface area contributed by atoms with Crippen molar-refractivity contribution in [1.82, 2.24) is 10.5 Å². The number of hydrogen-bond donors (Lipinski definition) is 1. The van der Waals surface area contributed by atoms with Gasteiger partial charge >= 0.3 is 0 Å². The lowest BCUT2D eigenvalue weighted by molar-refractivity contribution is -0.120. The molecule has 0 saturated carbocycles. The summed E-state index contributed by atoms with van der Waals surface area (Å²) in [5, 5.41) is 10.9. The van der Waals surface area contributed by atoms with Gasteiger partial charge in [-0.05, 0) is 28.8 Å². The van der Waals surface area contributed by atoms with Crippen LogP contribution in [0.25, 0.3) is 0 Å². The highest BCUT2D eigenvalue weighted by molar-refractivity contribution is 7.07. The van der Waals surface area contributed by atoms with Gasteiger partial charge in [-0.1, -0.05) is 5.16 Å². The van der Waals surface area contributed by atoms with E-state index in [-0.39, 0.29) is 12.3 Å². The second kappa shape index (κ2) is 8.24. The Balaban J connectivity index is 1.37. The molecule has 7 heteroatoms. The normalized spacial score (nSPS) is 17.5. The molecule has 2 aromatic rings. The molecule has 1 atom stereocenters. The van der Waals surface area contributed by atoms with E-state index >= 15 is 0 Å². The fourth-order valence-electron chi connectivity index (χ4n) is 2.38. The van der Waals surface area contributed by atoms with Crippen LogP contribution < -0.4 is 5.32 Å². The molecule has 1 unspecified atom stereocenters. The number of carbonyl (C=O) groups excluding carboxylic acids is 1. The van der Waals surface area contributed by atoms with Crippen LogP contribution in [-0.2, 0) is 33.9 Å². The van der Waals surface area contributed by atoms with E-state index in [0.717, 1.165) is 25.2 Å². The first-order chi connectivity index (χ1) is 11.3. The Morgan fingerprint density at radius 3 is 3.22 bits per heavy atom. The van der Waals surface area contributed by atoms with Crippen LogP contribution in [0.2, 0.25) is 0 Å². The molecule has 0 bridgehead atoms. The minimum Gasteiger partial charge on any atom is -0.381 e. The number of rotatable bonds is 8. The predicted molar refractivity (Wildman–Crippen MR) is 85.0 cm³/mol. The van der Waals surface area contributed by atoms with E-state index in [9.17, 15) is 4.79 Å². The highest BCUT2D eigenvalue weighted by Crippen LogP contribution is 2.12. The van der Waals surface area contributed by atoms with Crippen molar-refractivity contribution in [1.29, 1.82) is 0 Å². The van der Waals surface area contributed by atoms with Crippen molar-refractivity contribution in [2.75, 3.05) is 19.8 Å². The molecule has 1 amide bonds. The van der Waals surface area contributed by atoms with Crippen LogP contribution in [0.15, 0.2) is 27.4 Å². The lowest BCUT2D eigenvalue weighted by Gasteiger charge is -2.08. The minimum absolute atomic E-state index is 0.0454. The summed E-state index contributed by atoms with van der Waals surface area (Å²) < 4.78 is 16.0. The highest BCUT2D eigenvalue weighted by Gasteiger charge is 2.17. The monoisotopic (exact) mass is 336 g/mol. The van der Waals surface area contributed by atoms with Gasteiger partial charge in [0.2, 0.25) is 5.91 Å². The fraction of sp³-hybridized carbons (Fsp3) is 0.500. The van der Waals surface area contributed by atoms with Gasteiger partial charge in [0, 0.05) is 25.1 Å². The third-order valence-electron chi connectivity index (χ3n) is 3.65. The molecule has 0 aromatic carbocycles.